The molecule has 25 heavy (non-hydrogen) atoms. The summed E-state index contributed by atoms with van der Waals surface area (Å²) in [6.45, 7) is 2.04. The molecule has 0 bridgehead atoms. The summed E-state index contributed by atoms with van der Waals surface area (Å²) in [7, 11) is 0. The lowest BCUT2D eigenvalue weighted by Crippen LogP contribution is -2.14. The molecule has 0 saturated carbocycles. The topological polar surface area (TPSA) is 40.7 Å². The number of benzene rings is 2. The third-order valence-corrected chi connectivity index (χ3v) is 4.37. The third kappa shape index (κ3) is 2.98. The highest BCUT2D eigenvalue weighted by Crippen LogP contribution is 2.34. The number of halogens is 1. The van der Waals surface area contributed by atoms with Crippen LogP contribution in [0.3, 0.4) is 0 Å². The lowest BCUT2D eigenvalue weighted by atomic mass is 9.96. The first-order valence-corrected chi connectivity index (χ1v) is 8.22. The molecule has 0 aliphatic heterocycles. The Morgan fingerprint density at radius 3 is 2.64 bits per heavy atom. The van der Waals surface area contributed by atoms with Crippen molar-refractivity contribution in [2.24, 2.45) is 0 Å². The molecule has 0 aliphatic carbocycles. The molecule has 4 aromatic rings. The highest BCUT2D eigenvalue weighted by molar-refractivity contribution is 5.86. The van der Waals surface area contributed by atoms with Crippen LogP contribution in [-0.2, 0) is 0 Å². The van der Waals surface area contributed by atoms with Crippen LogP contribution in [0.15, 0.2) is 72.9 Å². The van der Waals surface area contributed by atoms with Gasteiger partial charge in [-0.3, -0.25) is 0 Å². The molecule has 0 radical (unpaired) electrons. The normalized spacial score (nSPS) is 12.2. The van der Waals surface area contributed by atoms with E-state index in [2.05, 4.69) is 27.4 Å². The predicted molar refractivity (Wildman–Crippen MR) is 99.1 cm³/mol. The van der Waals surface area contributed by atoms with Crippen molar-refractivity contribution in [2.45, 2.75) is 13.0 Å². The summed E-state index contributed by atoms with van der Waals surface area (Å²) in [4.78, 5) is 7.79. The van der Waals surface area contributed by atoms with Crippen molar-refractivity contribution in [2.75, 3.05) is 5.32 Å². The zero-order valence-electron chi connectivity index (χ0n) is 13.8. The molecule has 4 heteroatoms. The van der Waals surface area contributed by atoms with Crippen molar-refractivity contribution in [1.82, 2.24) is 9.97 Å². The summed E-state index contributed by atoms with van der Waals surface area (Å²) in [6, 6.07) is 20.4. The lowest BCUT2D eigenvalue weighted by molar-refractivity contribution is 0.624. The molecule has 124 valence electrons. The number of hydrogen-bond acceptors (Lipinski definition) is 2. The second-order valence-electron chi connectivity index (χ2n) is 6.06. The van der Waals surface area contributed by atoms with Gasteiger partial charge in [-0.15, -0.1) is 0 Å². The highest BCUT2D eigenvalue weighted by atomic mass is 19.1. The minimum atomic E-state index is -0.247. The number of H-pyrrole nitrogens is 1. The Bertz CT molecular complexity index is 1010. The Morgan fingerprint density at radius 2 is 1.84 bits per heavy atom. The number of pyridine rings is 1. The molecule has 3 nitrogen and oxygen atoms in total. The third-order valence-electron chi connectivity index (χ3n) is 4.37. The van der Waals surface area contributed by atoms with E-state index >= 15 is 0 Å². The number of aromatic amines is 1. The molecular formula is C21H18FN3. The molecule has 1 atom stereocenters. The second-order valence-corrected chi connectivity index (χ2v) is 6.06. The van der Waals surface area contributed by atoms with Gasteiger partial charge in [0.05, 0.1) is 6.04 Å². The molecule has 0 fully saturated rings. The number of hydrogen-bond donors (Lipinski definition) is 2. The molecule has 4 rings (SSSR count). The summed E-state index contributed by atoms with van der Waals surface area (Å²) in [6.07, 6.45) is 1.74. The van der Waals surface area contributed by atoms with Crippen LogP contribution in [0.4, 0.5) is 10.2 Å². The molecular weight excluding hydrogens is 313 g/mol. The van der Waals surface area contributed by atoms with Crippen LogP contribution < -0.4 is 5.32 Å². The summed E-state index contributed by atoms with van der Waals surface area (Å²) in [5.74, 6) is 0.504. The maximum atomic E-state index is 13.9. The van der Waals surface area contributed by atoms with E-state index in [1.165, 1.54) is 6.07 Å². The number of rotatable bonds is 4. The summed E-state index contributed by atoms with van der Waals surface area (Å²) < 4.78 is 13.9. The van der Waals surface area contributed by atoms with Gasteiger partial charge < -0.3 is 10.3 Å². The van der Waals surface area contributed by atoms with Gasteiger partial charge in [-0.05, 0) is 42.8 Å². The van der Waals surface area contributed by atoms with Crippen LogP contribution in [0.25, 0.3) is 10.9 Å². The van der Waals surface area contributed by atoms with Gasteiger partial charge in [0.25, 0.3) is 0 Å². The Morgan fingerprint density at radius 1 is 1.00 bits per heavy atom. The van der Waals surface area contributed by atoms with Crippen LogP contribution in [-0.4, -0.2) is 9.97 Å². The van der Waals surface area contributed by atoms with Gasteiger partial charge >= 0.3 is 0 Å². The van der Waals surface area contributed by atoms with Crippen LogP contribution in [0.2, 0.25) is 0 Å². The lowest BCUT2D eigenvalue weighted by Gasteiger charge is -2.21. The van der Waals surface area contributed by atoms with Gasteiger partial charge in [-0.1, -0.05) is 36.4 Å². The van der Waals surface area contributed by atoms with Crippen molar-refractivity contribution in [1.29, 1.82) is 0 Å². The Labute approximate surface area is 145 Å². The van der Waals surface area contributed by atoms with E-state index in [-0.39, 0.29) is 11.9 Å². The summed E-state index contributed by atoms with van der Waals surface area (Å²) in [5.41, 5.74) is 4.09. The largest absolute Gasteiger partial charge is 0.359 e. The monoisotopic (exact) mass is 331 g/mol. The minimum absolute atomic E-state index is 0.207. The first-order valence-electron chi connectivity index (χ1n) is 8.22. The molecule has 2 aromatic carbocycles. The number of para-hydroxylation sites is 1. The Hall–Kier alpha value is -3.14. The molecule has 0 amide bonds. The Kier molecular flexibility index (Phi) is 3.94. The maximum Gasteiger partial charge on any atom is 0.126 e. The Balaban J connectivity index is 1.89. The van der Waals surface area contributed by atoms with E-state index in [9.17, 15) is 4.39 Å². The van der Waals surface area contributed by atoms with E-state index in [0.717, 1.165) is 33.5 Å². The van der Waals surface area contributed by atoms with Crippen molar-refractivity contribution < 1.29 is 4.39 Å². The van der Waals surface area contributed by atoms with E-state index in [1.54, 1.807) is 18.3 Å². The number of fused-ring (bicyclic) bond motifs is 1. The quantitative estimate of drug-likeness (QED) is 0.539. The standard InChI is InChI=1S/C21H18FN3/c1-14-20(17-9-2-3-10-18(17)24-14)21(15-7-6-8-16(22)13-15)25-19-11-4-5-12-23-19/h2-13,21,24H,1H3,(H,23,25)/t21-/m1/s1. The average Bonchev–Trinajstić information content (AvgIpc) is 2.96. The van der Waals surface area contributed by atoms with E-state index in [0.29, 0.717) is 0 Å². The van der Waals surface area contributed by atoms with Crippen LogP contribution >= 0.6 is 0 Å². The number of nitrogens with one attached hydrogen (secondary N) is 2. The first kappa shape index (κ1) is 15.4. The number of aryl methyl sites for hydroxylation is 1. The van der Waals surface area contributed by atoms with Crippen LogP contribution in [0, 0.1) is 12.7 Å². The smallest absolute Gasteiger partial charge is 0.126 e. The van der Waals surface area contributed by atoms with Crippen molar-refractivity contribution >= 4 is 16.7 Å². The fraction of sp³-hybridized carbons (Fsp3) is 0.0952. The predicted octanol–water partition coefficient (Wildman–Crippen LogP) is 5.21. The van der Waals surface area contributed by atoms with Crippen molar-refractivity contribution in [3.63, 3.8) is 0 Å². The molecule has 0 unspecified atom stereocenters. The van der Waals surface area contributed by atoms with E-state index in [4.69, 9.17) is 0 Å². The van der Waals surface area contributed by atoms with Gasteiger partial charge in [0.2, 0.25) is 0 Å². The average molecular weight is 331 g/mol. The van der Waals surface area contributed by atoms with Crippen LogP contribution in [0.5, 0.6) is 0 Å². The van der Waals surface area contributed by atoms with Gasteiger partial charge in [-0.2, -0.15) is 0 Å². The van der Waals surface area contributed by atoms with Crippen molar-refractivity contribution in [3.8, 4) is 0 Å². The fourth-order valence-electron chi connectivity index (χ4n) is 3.27. The summed E-state index contributed by atoms with van der Waals surface area (Å²) in [5, 5.41) is 4.58. The molecule has 2 N–H and O–H groups in total. The SMILES string of the molecule is Cc1[nH]c2ccccc2c1[C@H](Nc1ccccn1)c1cccc(F)c1. The minimum Gasteiger partial charge on any atom is -0.359 e. The maximum absolute atomic E-state index is 13.9. The molecule has 0 aliphatic rings. The molecule has 0 spiro atoms. The number of aromatic nitrogens is 2. The van der Waals surface area contributed by atoms with Gasteiger partial charge in [-0.25, -0.2) is 9.37 Å². The number of nitrogens with zero attached hydrogens (tertiary/aromatic N) is 1. The molecule has 0 saturated heterocycles. The molecule has 2 heterocycles. The van der Waals surface area contributed by atoms with Gasteiger partial charge in [0.1, 0.15) is 11.6 Å². The summed E-state index contributed by atoms with van der Waals surface area (Å²) >= 11 is 0. The van der Waals surface area contributed by atoms with Gasteiger partial charge in [0.15, 0.2) is 0 Å². The zero-order valence-corrected chi connectivity index (χ0v) is 13.8. The highest BCUT2D eigenvalue weighted by Gasteiger charge is 2.21. The van der Waals surface area contributed by atoms with Crippen LogP contribution in [0.1, 0.15) is 22.9 Å². The second kappa shape index (κ2) is 6.40. The van der Waals surface area contributed by atoms with Crippen molar-refractivity contribution in [3.05, 3.63) is 95.6 Å². The first-order chi connectivity index (χ1) is 12.2. The van der Waals surface area contributed by atoms with E-state index in [1.807, 2.05) is 43.3 Å². The van der Waals surface area contributed by atoms with E-state index < -0.39 is 0 Å². The fourth-order valence-corrected chi connectivity index (χ4v) is 3.27. The zero-order chi connectivity index (χ0) is 17.2. The molecule has 2 aromatic heterocycles. The number of anilines is 1. The van der Waals surface area contributed by atoms with Gasteiger partial charge in [0, 0.05) is 28.4 Å².